The number of fused-ring (bicyclic) bond motifs is 1. The summed E-state index contributed by atoms with van der Waals surface area (Å²) in [4.78, 5) is 81.6. The van der Waals surface area contributed by atoms with Crippen molar-refractivity contribution in [1.82, 2.24) is 23.1 Å². The first-order valence-corrected chi connectivity index (χ1v) is 14.2. The molecule has 0 saturated heterocycles. The van der Waals surface area contributed by atoms with E-state index in [9.17, 15) is 28.8 Å². The summed E-state index contributed by atoms with van der Waals surface area (Å²) in [6.07, 6.45) is 0.432. The quantitative estimate of drug-likeness (QED) is 0.334. The van der Waals surface area contributed by atoms with Crippen molar-refractivity contribution in [1.29, 1.82) is 0 Å². The summed E-state index contributed by atoms with van der Waals surface area (Å²) in [5, 5.41) is -0.406. The lowest BCUT2D eigenvalue weighted by Crippen LogP contribution is -2.55. The van der Waals surface area contributed by atoms with Gasteiger partial charge in [0.2, 0.25) is 4.80 Å². The lowest BCUT2D eigenvalue weighted by molar-refractivity contribution is -0.148. The monoisotopic (exact) mass is 626 g/mol. The van der Waals surface area contributed by atoms with E-state index >= 15 is 4.39 Å². The van der Waals surface area contributed by atoms with Gasteiger partial charge < -0.3 is 9.47 Å². The van der Waals surface area contributed by atoms with Gasteiger partial charge in [0, 0.05) is 13.1 Å². The lowest BCUT2D eigenvalue weighted by Gasteiger charge is -2.16. The summed E-state index contributed by atoms with van der Waals surface area (Å²) in [5.41, 5.74) is -4.59. The highest BCUT2D eigenvalue weighted by Gasteiger charge is 2.24. The van der Waals surface area contributed by atoms with Crippen molar-refractivity contribution in [3.8, 4) is 5.69 Å². The molecule has 0 bridgehead atoms. The van der Waals surface area contributed by atoms with Gasteiger partial charge in [-0.15, -0.1) is 0 Å². The minimum Gasteiger partial charge on any atom is -0.462 e. The molecule has 0 amide bonds. The number of rotatable bonds is 8. The molecule has 226 valence electrons. The molecule has 42 heavy (non-hydrogen) atoms. The predicted molar refractivity (Wildman–Crippen MR) is 149 cm³/mol. The largest absolute Gasteiger partial charge is 0.462 e. The highest BCUT2D eigenvalue weighted by molar-refractivity contribution is 7.06. The Bertz CT molecular complexity index is 1800. The van der Waals surface area contributed by atoms with Crippen LogP contribution in [0.1, 0.15) is 40.5 Å². The zero-order valence-electron chi connectivity index (χ0n) is 23.2. The number of carbonyl (C=O) groups is 2. The number of hydrogen-bond acceptors (Lipinski definition) is 10. The maximum atomic E-state index is 15.1. The Balaban J connectivity index is 1.96. The molecule has 0 spiro atoms. The molecule has 4 rings (SSSR count). The van der Waals surface area contributed by atoms with E-state index in [1.165, 1.54) is 4.68 Å². The van der Waals surface area contributed by atoms with Gasteiger partial charge in [-0.1, -0.05) is 11.6 Å². The summed E-state index contributed by atoms with van der Waals surface area (Å²) in [5.74, 6) is -2.84. The normalized spacial score (nSPS) is 13.5. The van der Waals surface area contributed by atoms with E-state index in [1.807, 2.05) is 0 Å². The molecule has 17 heteroatoms. The Labute approximate surface area is 245 Å². The number of halogens is 2. The molecule has 3 aromatic rings. The summed E-state index contributed by atoms with van der Waals surface area (Å²) < 4.78 is 29.5. The zero-order chi connectivity index (χ0) is 30.9. The summed E-state index contributed by atoms with van der Waals surface area (Å²) >= 11 is 7.08. The van der Waals surface area contributed by atoms with E-state index < -0.39 is 65.1 Å². The average molecular weight is 627 g/mol. The van der Waals surface area contributed by atoms with Gasteiger partial charge >= 0.3 is 33.9 Å². The van der Waals surface area contributed by atoms with Crippen LogP contribution in [0.4, 0.5) is 10.1 Å². The van der Waals surface area contributed by atoms with Crippen LogP contribution in [-0.2, 0) is 45.2 Å². The second-order valence-electron chi connectivity index (χ2n) is 9.90. The van der Waals surface area contributed by atoms with Crippen molar-refractivity contribution in [3.05, 3.63) is 68.9 Å². The molecule has 0 N–H and O–H groups in total. The maximum absolute atomic E-state index is 15.1. The SMILES string of the molecule is CC(C)OC(=O)Cn1c(=O)n(CC(=O)OC(C)C)c(=O)n(-c2cc(N=c3sc(=O)n4n3CCCC4)c(F)cc2Cl)c1=O. The molecule has 3 heterocycles. The standard InChI is InChI=1S/C25H28ClFN6O8S/c1-13(2)40-19(34)11-29-22(36)30(12-20(35)41-14(3)4)24(38)33(23(29)37)18-10-17(16(27)9-15(18)26)28-21-31-7-5-6-8-32(31)25(39)42-21/h9-10,13-14H,5-8,11-12H2,1-4H3. The highest BCUT2D eigenvalue weighted by Crippen LogP contribution is 2.27. The molecular weight excluding hydrogens is 599 g/mol. The number of carbonyl (C=O) groups excluding carboxylic acids is 2. The van der Waals surface area contributed by atoms with Crippen LogP contribution in [-0.4, -0.2) is 47.2 Å². The second kappa shape index (κ2) is 12.4. The second-order valence-corrected chi connectivity index (χ2v) is 11.2. The van der Waals surface area contributed by atoms with Crippen molar-refractivity contribution in [2.45, 2.75) is 78.9 Å². The fourth-order valence-electron chi connectivity index (χ4n) is 4.27. The molecule has 14 nitrogen and oxygen atoms in total. The van der Waals surface area contributed by atoms with Crippen LogP contribution in [0.5, 0.6) is 0 Å². The zero-order valence-corrected chi connectivity index (χ0v) is 24.7. The number of esters is 2. The predicted octanol–water partition coefficient (Wildman–Crippen LogP) is 0.907. The Morgan fingerprint density at radius 1 is 0.905 bits per heavy atom. The topological polar surface area (TPSA) is 158 Å². The van der Waals surface area contributed by atoms with Crippen LogP contribution in [0, 0.1) is 5.82 Å². The van der Waals surface area contributed by atoms with Crippen LogP contribution >= 0.6 is 22.9 Å². The number of nitrogens with zero attached hydrogens (tertiary/aromatic N) is 6. The molecule has 1 aliphatic rings. The number of ether oxygens (including phenoxy) is 2. The number of hydrogen-bond donors (Lipinski definition) is 0. The minimum atomic E-state index is -1.29. The average Bonchev–Trinajstić information content (AvgIpc) is 3.21. The van der Waals surface area contributed by atoms with E-state index in [0.29, 0.717) is 26.8 Å². The van der Waals surface area contributed by atoms with E-state index in [4.69, 9.17) is 21.1 Å². The van der Waals surface area contributed by atoms with Gasteiger partial charge in [-0.2, -0.15) is 0 Å². The van der Waals surface area contributed by atoms with Crippen LogP contribution in [0.2, 0.25) is 5.02 Å². The first kappa shape index (κ1) is 30.9. The molecule has 0 aliphatic carbocycles. The summed E-state index contributed by atoms with van der Waals surface area (Å²) in [7, 11) is 0. The molecule has 0 fully saturated rings. The molecule has 0 radical (unpaired) electrons. The Kier molecular flexibility index (Phi) is 9.15. The van der Waals surface area contributed by atoms with Crippen LogP contribution < -0.4 is 26.7 Å². The van der Waals surface area contributed by atoms with Gasteiger partial charge in [-0.05, 0) is 64.0 Å². The van der Waals surface area contributed by atoms with Crippen LogP contribution in [0.25, 0.3) is 5.69 Å². The molecule has 0 unspecified atom stereocenters. The van der Waals surface area contributed by atoms with Crippen molar-refractivity contribution in [3.63, 3.8) is 0 Å². The first-order valence-electron chi connectivity index (χ1n) is 13.0. The minimum absolute atomic E-state index is 0.189. The summed E-state index contributed by atoms with van der Waals surface area (Å²) in [6.45, 7) is 5.40. The van der Waals surface area contributed by atoms with Gasteiger partial charge in [0.25, 0.3) is 0 Å². The van der Waals surface area contributed by atoms with Crippen molar-refractivity contribution in [2.24, 2.45) is 4.99 Å². The molecule has 2 aromatic heterocycles. The van der Waals surface area contributed by atoms with Gasteiger partial charge in [0.05, 0.1) is 22.9 Å². The third kappa shape index (κ3) is 6.38. The molecule has 1 aromatic carbocycles. The van der Waals surface area contributed by atoms with Gasteiger partial charge in [-0.25, -0.2) is 42.1 Å². The first-order chi connectivity index (χ1) is 19.8. The Morgan fingerprint density at radius 3 is 1.95 bits per heavy atom. The smallest absolute Gasteiger partial charge is 0.341 e. The van der Waals surface area contributed by atoms with Crippen molar-refractivity contribution >= 4 is 40.6 Å². The lowest BCUT2D eigenvalue weighted by atomic mass is 10.2. The fraction of sp³-hybridized carbons (Fsp3) is 0.480. The van der Waals surface area contributed by atoms with Crippen molar-refractivity contribution < 1.29 is 23.5 Å². The molecule has 0 atom stereocenters. The van der Waals surface area contributed by atoms with Crippen molar-refractivity contribution in [2.75, 3.05) is 0 Å². The van der Waals surface area contributed by atoms with Crippen LogP contribution in [0.3, 0.4) is 0 Å². The van der Waals surface area contributed by atoms with Crippen LogP contribution in [0.15, 0.2) is 36.3 Å². The van der Waals surface area contributed by atoms with E-state index in [2.05, 4.69) is 4.99 Å². The third-order valence-corrected chi connectivity index (χ3v) is 7.15. The van der Waals surface area contributed by atoms with E-state index in [-0.39, 0.29) is 21.0 Å². The fourth-order valence-corrected chi connectivity index (χ4v) is 5.40. The molecule has 0 saturated carbocycles. The van der Waals surface area contributed by atoms with Gasteiger partial charge in [-0.3, -0.25) is 19.1 Å². The van der Waals surface area contributed by atoms with Gasteiger partial charge in [0.15, 0.2) is 5.82 Å². The van der Waals surface area contributed by atoms with E-state index in [0.717, 1.165) is 36.3 Å². The molecular formula is C25H28ClFN6O8S. The summed E-state index contributed by atoms with van der Waals surface area (Å²) in [6, 6.07) is 1.82. The number of aromatic nitrogens is 5. The number of benzene rings is 1. The van der Waals surface area contributed by atoms with E-state index in [1.54, 1.807) is 32.4 Å². The Hall–Kier alpha value is -4.05. The molecule has 1 aliphatic heterocycles. The highest BCUT2D eigenvalue weighted by atomic mass is 35.5. The Morgan fingerprint density at radius 2 is 1.43 bits per heavy atom. The third-order valence-electron chi connectivity index (χ3n) is 5.98. The maximum Gasteiger partial charge on any atom is 0.341 e. The van der Waals surface area contributed by atoms with Gasteiger partial charge in [0.1, 0.15) is 18.8 Å².